The van der Waals surface area contributed by atoms with Crippen LogP contribution in [0.25, 0.3) is 0 Å². The van der Waals surface area contributed by atoms with Crippen LogP contribution in [0.4, 0.5) is 13.6 Å². The molecule has 0 unspecified atom stereocenters. The molecule has 9 heteroatoms. The maximum atomic E-state index is 13.3. The summed E-state index contributed by atoms with van der Waals surface area (Å²) in [5, 5.41) is 5.32. The van der Waals surface area contributed by atoms with Crippen molar-refractivity contribution >= 4 is 16.1 Å². The summed E-state index contributed by atoms with van der Waals surface area (Å²) in [6, 6.07) is 8.89. The fraction of sp³-hybridized carbons (Fsp3) is 0.381. The highest BCUT2D eigenvalue weighted by atomic mass is 32.2. The number of urea groups is 1. The Morgan fingerprint density at radius 3 is 2.33 bits per heavy atom. The molecular weight excluding hydrogens is 412 g/mol. The van der Waals surface area contributed by atoms with Crippen molar-refractivity contribution in [2.75, 3.05) is 13.1 Å². The molecule has 2 aromatic carbocycles. The van der Waals surface area contributed by atoms with Crippen molar-refractivity contribution in [2.24, 2.45) is 0 Å². The minimum Gasteiger partial charge on any atom is -0.334 e. The number of nitrogens with zero attached hydrogens (tertiary/aromatic N) is 1. The highest BCUT2D eigenvalue weighted by Gasteiger charge is 2.25. The van der Waals surface area contributed by atoms with Crippen LogP contribution in [-0.2, 0) is 16.6 Å². The predicted octanol–water partition coefficient (Wildman–Crippen LogP) is 3.70. The van der Waals surface area contributed by atoms with Crippen LogP contribution < -0.4 is 10.6 Å². The zero-order valence-corrected chi connectivity index (χ0v) is 17.5. The van der Waals surface area contributed by atoms with Crippen LogP contribution in [0.15, 0.2) is 47.4 Å². The first-order valence-corrected chi connectivity index (χ1v) is 11.3. The van der Waals surface area contributed by atoms with E-state index in [0.717, 1.165) is 37.0 Å². The van der Waals surface area contributed by atoms with Gasteiger partial charge in [-0.05, 0) is 55.2 Å². The molecule has 0 aromatic heterocycles. The largest absolute Gasteiger partial charge is 0.334 e. The van der Waals surface area contributed by atoms with E-state index in [9.17, 15) is 22.0 Å². The topological polar surface area (TPSA) is 78.5 Å². The Morgan fingerprint density at radius 2 is 1.70 bits per heavy atom. The first kappa shape index (κ1) is 22.2. The lowest BCUT2D eigenvalue weighted by atomic mass is 10.1. The third-order valence-corrected chi connectivity index (χ3v) is 7.03. The molecule has 0 aliphatic carbocycles. The minimum atomic E-state index is -3.49. The lowest BCUT2D eigenvalue weighted by Gasteiger charge is -2.25. The van der Waals surface area contributed by atoms with Crippen molar-refractivity contribution in [1.82, 2.24) is 14.9 Å². The maximum Gasteiger partial charge on any atom is 0.315 e. The number of piperidine rings is 1. The molecule has 2 amide bonds. The molecular formula is C21H25F2N3O3S. The van der Waals surface area contributed by atoms with Gasteiger partial charge >= 0.3 is 6.03 Å². The molecule has 1 heterocycles. The van der Waals surface area contributed by atoms with Crippen molar-refractivity contribution in [3.8, 4) is 0 Å². The predicted molar refractivity (Wildman–Crippen MR) is 109 cm³/mol. The van der Waals surface area contributed by atoms with Crippen molar-refractivity contribution in [3.05, 3.63) is 65.2 Å². The summed E-state index contributed by atoms with van der Waals surface area (Å²) < 4.78 is 53.2. The number of nitrogens with one attached hydrogen (secondary N) is 2. The third-order valence-electron chi connectivity index (χ3n) is 5.12. The maximum absolute atomic E-state index is 13.3. The van der Waals surface area contributed by atoms with Gasteiger partial charge in [-0.1, -0.05) is 24.6 Å². The van der Waals surface area contributed by atoms with E-state index < -0.39 is 33.7 Å². The van der Waals surface area contributed by atoms with E-state index >= 15 is 0 Å². The Bertz CT molecular complexity index is 991. The van der Waals surface area contributed by atoms with E-state index in [1.807, 2.05) is 0 Å². The van der Waals surface area contributed by atoms with E-state index in [1.165, 1.54) is 10.4 Å². The Hall–Kier alpha value is -2.52. The molecule has 0 saturated carbocycles. The molecule has 6 nitrogen and oxygen atoms in total. The number of hydrogen-bond donors (Lipinski definition) is 2. The number of hydrogen-bond acceptors (Lipinski definition) is 3. The van der Waals surface area contributed by atoms with Crippen LogP contribution in [0.2, 0.25) is 0 Å². The van der Waals surface area contributed by atoms with Crippen LogP contribution in [0.3, 0.4) is 0 Å². The number of sulfonamides is 1. The van der Waals surface area contributed by atoms with Gasteiger partial charge in [0.1, 0.15) is 0 Å². The number of rotatable bonds is 6. The van der Waals surface area contributed by atoms with E-state index in [4.69, 9.17) is 0 Å². The smallest absolute Gasteiger partial charge is 0.315 e. The Morgan fingerprint density at radius 1 is 1.03 bits per heavy atom. The summed E-state index contributed by atoms with van der Waals surface area (Å²) in [6.07, 6.45) is 2.80. The molecule has 1 aliphatic heterocycles. The van der Waals surface area contributed by atoms with Crippen LogP contribution in [-0.4, -0.2) is 31.8 Å². The summed E-state index contributed by atoms with van der Waals surface area (Å²) in [6.45, 7) is 2.94. The lowest BCUT2D eigenvalue weighted by Crippen LogP contribution is -2.36. The SMILES string of the molecule is C[C@H](NC(=O)NCc1ccc(S(=O)(=O)N2CCCCC2)cc1)c1ccc(F)c(F)c1. The van der Waals surface area contributed by atoms with E-state index in [0.29, 0.717) is 18.7 Å². The standard InChI is InChI=1S/C21H25F2N3O3S/c1-15(17-7-10-19(22)20(23)13-17)25-21(27)24-14-16-5-8-18(9-6-16)30(28,29)26-11-3-2-4-12-26/h5-10,13,15H,2-4,11-12,14H2,1H3,(H2,24,25,27)/t15-/m0/s1. The first-order valence-electron chi connectivity index (χ1n) is 9.86. The Kier molecular flexibility index (Phi) is 7.04. The van der Waals surface area contributed by atoms with Crippen LogP contribution in [0.5, 0.6) is 0 Å². The summed E-state index contributed by atoms with van der Waals surface area (Å²) in [5.41, 5.74) is 1.18. The van der Waals surface area contributed by atoms with Crippen molar-refractivity contribution in [1.29, 1.82) is 0 Å². The summed E-state index contributed by atoms with van der Waals surface area (Å²) >= 11 is 0. The van der Waals surface area contributed by atoms with Crippen molar-refractivity contribution in [2.45, 2.75) is 43.7 Å². The average molecular weight is 438 g/mol. The molecule has 2 aromatic rings. The van der Waals surface area contributed by atoms with Gasteiger partial charge < -0.3 is 10.6 Å². The fourth-order valence-electron chi connectivity index (χ4n) is 3.33. The van der Waals surface area contributed by atoms with E-state index in [2.05, 4.69) is 10.6 Å². The summed E-state index contributed by atoms with van der Waals surface area (Å²) in [7, 11) is -3.49. The van der Waals surface area contributed by atoms with Crippen LogP contribution in [0.1, 0.15) is 43.4 Å². The van der Waals surface area contributed by atoms with Crippen molar-refractivity contribution < 1.29 is 22.0 Å². The van der Waals surface area contributed by atoms with Gasteiger partial charge in [-0.3, -0.25) is 0 Å². The van der Waals surface area contributed by atoms with Gasteiger partial charge in [0.05, 0.1) is 10.9 Å². The molecule has 1 fully saturated rings. The van der Waals surface area contributed by atoms with Gasteiger partial charge in [-0.15, -0.1) is 0 Å². The Balaban J connectivity index is 1.54. The van der Waals surface area contributed by atoms with Crippen LogP contribution in [0, 0.1) is 11.6 Å². The molecule has 0 spiro atoms. The zero-order valence-electron chi connectivity index (χ0n) is 16.7. The number of carbonyl (C=O) groups excluding carboxylic acids is 1. The minimum absolute atomic E-state index is 0.195. The lowest BCUT2D eigenvalue weighted by molar-refractivity contribution is 0.237. The summed E-state index contributed by atoms with van der Waals surface area (Å²) in [4.78, 5) is 12.3. The second kappa shape index (κ2) is 9.53. The number of amides is 2. The second-order valence-electron chi connectivity index (χ2n) is 7.33. The molecule has 2 N–H and O–H groups in total. The molecule has 1 saturated heterocycles. The van der Waals surface area contributed by atoms with Gasteiger partial charge in [0.25, 0.3) is 0 Å². The molecule has 0 radical (unpaired) electrons. The normalized spacial score (nSPS) is 16.1. The fourth-order valence-corrected chi connectivity index (χ4v) is 4.85. The van der Waals surface area contributed by atoms with Crippen molar-refractivity contribution in [3.63, 3.8) is 0 Å². The van der Waals surface area contributed by atoms with Crippen LogP contribution >= 0.6 is 0 Å². The molecule has 0 bridgehead atoms. The number of benzene rings is 2. The molecule has 1 aliphatic rings. The monoisotopic (exact) mass is 437 g/mol. The molecule has 30 heavy (non-hydrogen) atoms. The quantitative estimate of drug-likeness (QED) is 0.723. The Labute approximate surface area is 175 Å². The highest BCUT2D eigenvalue weighted by molar-refractivity contribution is 7.89. The van der Waals surface area contributed by atoms with Gasteiger partial charge in [-0.2, -0.15) is 4.31 Å². The summed E-state index contributed by atoms with van der Waals surface area (Å²) in [5.74, 6) is -1.91. The highest BCUT2D eigenvalue weighted by Crippen LogP contribution is 2.21. The van der Waals surface area contributed by atoms with Gasteiger partial charge in [0.15, 0.2) is 11.6 Å². The molecule has 3 rings (SSSR count). The first-order chi connectivity index (χ1) is 14.3. The number of halogens is 2. The van der Waals surface area contributed by atoms with Gasteiger partial charge in [0.2, 0.25) is 10.0 Å². The van der Waals surface area contributed by atoms with Gasteiger partial charge in [-0.25, -0.2) is 22.0 Å². The number of carbonyl (C=O) groups is 1. The average Bonchev–Trinajstić information content (AvgIpc) is 2.75. The van der Waals surface area contributed by atoms with Gasteiger partial charge in [0, 0.05) is 19.6 Å². The zero-order chi connectivity index (χ0) is 21.7. The van der Waals surface area contributed by atoms with E-state index in [1.54, 1.807) is 31.2 Å². The molecule has 1 atom stereocenters. The third kappa shape index (κ3) is 5.34. The van der Waals surface area contributed by atoms with E-state index in [-0.39, 0.29) is 11.4 Å². The molecule has 162 valence electrons. The second-order valence-corrected chi connectivity index (χ2v) is 9.27.